The molecule has 2 nitrogen and oxygen atoms in total. The molecule has 0 aliphatic heterocycles. The molecule has 0 fully saturated rings. The van der Waals surface area contributed by atoms with Gasteiger partial charge in [-0.25, -0.2) is 0 Å². The molecule has 0 saturated heterocycles. The minimum absolute atomic E-state index is 0. The standard InChI is InChI=1S/CHClO2.Rb/c2-1(3)4;/h(H,3,4);/q;+1/p-1. The van der Waals surface area contributed by atoms with Crippen LogP contribution in [-0.4, -0.2) is 5.43 Å². The Balaban J connectivity index is 0. The maximum absolute atomic E-state index is 8.65. The molecule has 0 radical (unpaired) electrons. The molecule has 0 N–H and O–H groups in total. The van der Waals surface area contributed by atoms with E-state index in [2.05, 4.69) is 11.6 Å². The van der Waals surface area contributed by atoms with Crippen LogP contribution in [0.4, 0.5) is 4.79 Å². The van der Waals surface area contributed by atoms with Gasteiger partial charge in [0.25, 0.3) is 0 Å². The van der Waals surface area contributed by atoms with Gasteiger partial charge in [-0.2, -0.15) is 0 Å². The van der Waals surface area contributed by atoms with Crippen LogP contribution in [0.5, 0.6) is 0 Å². The molecule has 0 saturated carbocycles. The summed E-state index contributed by atoms with van der Waals surface area (Å²) < 4.78 is 0. The zero-order valence-corrected chi connectivity index (χ0v) is 8.37. The smallest absolute Gasteiger partial charge is 0.534 e. The Morgan fingerprint density at radius 1 is 1.80 bits per heavy atom. The fourth-order valence-electron chi connectivity index (χ4n) is 0. The second-order valence-electron chi connectivity index (χ2n) is 0.238. The zero-order chi connectivity index (χ0) is 3.58. The van der Waals surface area contributed by atoms with E-state index in [1.54, 1.807) is 0 Å². The molecular weight excluding hydrogens is 165 g/mol. The molecule has 0 aromatic heterocycles. The Labute approximate surface area is 83.3 Å². The number of carbonyl (C=O) groups excluding carboxylic acids is 1. The molecule has 5 heavy (non-hydrogen) atoms. The summed E-state index contributed by atoms with van der Waals surface area (Å²) in [6.45, 7) is 0. The van der Waals surface area contributed by atoms with Crippen LogP contribution in [0, 0.1) is 0 Å². The molecule has 4 heteroatoms. The van der Waals surface area contributed by atoms with E-state index in [9.17, 15) is 0 Å². The summed E-state index contributed by atoms with van der Waals surface area (Å²) in [5.41, 5.74) is -1.61. The maximum atomic E-state index is 8.65. The minimum Gasteiger partial charge on any atom is -0.534 e. The first-order valence-corrected chi connectivity index (χ1v) is 0.975. The van der Waals surface area contributed by atoms with Crippen molar-refractivity contribution in [3.63, 3.8) is 0 Å². The van der Waals surface area contributed by atoms with E-state index in [4.69, 9.17) is 9.90 Å². The summed E-state index contributed by atoms with van der Waals surface area (Å²) in [4.78, 5) is 8.65. The Kier molecular flexibility index (Phi) is 10.9. The van der Waals surface area contributed by atoms with Gasteiger partial charge in [0.15, 0.2) is 0 Å². The van der Waals surface area contributed by atoms with Gasteiger partial charge in [-0.15, -0.1) is 0 Å². The second-order valence-corrected chi connectivity index (χ2v) is 0.546. The summed E-state index contributed by atoms with van der Waals surface area (Å²) in [6, 6.07) is 0. The Morgan fingerprint density at radius 2 is 1.80 bits per heavy atom. The van der Waals surface area contributed by atoms with Crippen LogP contribution in [-0.2, 0) is 0 Å². The first-order valence-electron chi connectivity index (χ1n) is 0.597. The normalized spacial score (nSPS) is 5.00. The van der Waals surface area contributed by atoms with Crippen LogP contribution in [0.25, 0.3) is 0 Å². The molecule has 0 aromatic carbocycles. The predicted molar refractivity (Wildman–Crippen MR) is 11.2 cm³/mol. The Morgan fingerprint density at radius 3 is 1.80 bits per heavy atom. The van der Waals surface area contributed by atoms with Crippen molar-refractivity contribution in [2.75, 3.05) is 0 Å². The molecule has 0 heterocycles. The van der Waals surface area contributed by atoms with Crippen molar-refractivity contribution >= 4 is 17.0 Å². The zero-order valence-electron chi connectivity index (χ0n) is 2.69. The van der Waals surface area contributed by atoms with E-state index in [-0.39, 0.29) is 58.2 Å². The van der Waals surface area contributed by atoms with E-state index in [1.165, 1.54) is 0 Å². The fourth-order valence-corrected chi connectivity index (χ4v) is 0. The topological polar surface area (TPSA) is 40.1 Å². The van der Waals surface area contributed by atoms with Gasteiger partial charge in [0.1, 0.15) is 5.43 Å². The third kappa shape index (κ3) is 28.9. The number of rotatable bonds is 0. The number of hydrogen-bond donors (Lipinski definition) is 0. The quantitative estimate of drug-likeness (QED) is 0.350. The van der Waals surface area contributed by atoms with Gasteiger partial charge in [0.2, 0.25) is 0 Å². The van der Waals surface area contributed by atoms with Crippen molar-refractivity contribution in [1.82, 2.24) is 0 Å². The van der Waals surface area contributed by atoms with Gasteiger partial charge in [-0.05, 0) is 0 Å². The molecule has 0 aromatic rings. The summed E-state index contributed by atoms with van der Waals surface area (Å²) in [6.07, 6.45) is 0. The van der Waals surface area contributed by atoms with Crippen LogP contribution in [0.15, 0.2) is 0 Å². The van der Waals surface area contributed by atoms with Crippen LogP contribution in [0.2, 0.25) is 0 Å². The van der Waals surface area contributed by atoms with E-state index in [0.717, 1.165) is 0 Å². The second kappa shape index (κ2) is 5.57. The van der Waals surface area contributed by atoms with Crippen molar-refractivity contribution in [3.05, 3.63) is 0 Å². The molecule has 0 unspecified atom stereocenters. The van der Waals surface area contributed by atoms with Gasteiger partial charge in [-0.3, -0.25) is 0 Å². The van der Waals surface area contributed by atoms with Crippen LogP contribution < -0.4 is 63.3 Å². The van der Waals surface area contributed by atoms with Crippen molar-refractivity contribution in [2.24, 2.45) is 0 Å². The van der Waals surface area contributed by atoms with E-state index in [0.29, 0.717) is 0 Å². The molecule has 0 rings (SSSR count). The number of carbonyl (C=O) groups is 1. The van der Waals surface area contributed by atoms with Crippen molar-refractivity contribution in [2.45, 2.75) is 0 Å². The van der Waals surface area contributed by atoms with Crippen LogP contribution in [0.3, 0.4) is 0 Å². The molecule has 0 bridgehead atoms. The number of halogens is 1. The van der Waals surface area contributed by atoms with Gasteiger partial charge >= 0.3 is 58.2 Å². The summed E-state index contributed by atoms with van der Waals surface area (Å²) in [7, 11) is 0. The summed E-state index contributed by atoms with van der Waals surface area (Å²) in [5, 5.41) is 8.65. The predicted octanol–water partition coefficient (Wildman–Crippen LogP) is -3.43. The molecule has 0 aliphatic carbocycles. The third-order valence-electron chi connectivity index (χ3n) is 0. The largest absolute Gasteiger partial charge is 1.00 e. The van der Waals surface area contributed by atoms with Crippen LogP contribution >= 0.6 is 11.6 Å². The van der Waals surface area contributed by atoms with Crippen molar-refractivity contribution in [3.8, 4) is 0 Å². The van der Waals surface area contributed by atoms with E-state index < -0.39 is 5.43 Å². The average Bonchev–Trinajstić information content (AvgIpc) is 0.811. The van der Waals surface area contributed by atoms with E-state index >= 15 is 0 Å². The molecular formula is CClO2Rb. The molecule has 0 aliphatic rings. The maximum Gasteiger partial charge on any atom is 1.00 e. The molecule has 0 amide bonds. The summed E-state index contributed by atoms with van der Waals surface area (Å²) in [5.74, 6) is 0. The third-order valence-corrected chi connectivity index (χ3v) is 0. The molecule has 0 atom stereocenters. The monoisotopic (exact) mass is 164 g/mol. The SMILES string of the molecule is O=C([O-])Cl.[Rb+]. The van der Waals surface area contributed by atoms with Gasteiger partial charge < -0.3 is 9.90 Å². The van der Waals surface area contributed by atoms with Gasteiger partial charge in [0, 0.05) is 0 Å². The Hall–Kier alpha value is 1.57. The van der Waals surface area contributed by atoms with Gasteiger partial charge in [0.05, 0.1) is 0 Å². The Bertz CT molecular complexity index is 32.6. The van der Waals surface area contributed by atoms with Crippen LogP contribution in [0.1, 0.15) is 0 Å². The number of hydrogen-bond acceptors (Lipinski definition) is 2. The van der Waals surface area contributed by atoms with Crippen molar-refractivity contribution in [1.29, 1.82) is 0 Å². The first-order chi connectivity index (χ1) is 1.73. The van der Waals surface area contributed by atoms with E-state index in [1.807, 2.05) is 0 Å². The van der Waals surface area contributed by atoms with Crippen molar-refractivity contribution < 1.29 is 68.1 Å². The van der Waals surface area contributed by atoms with Gasteiger partial charge in [-0.1, -0.05) is 11.6 Å². The number of carboxylic acid groups (broad SMARTS) is 1. The molecule has 0 spiro atoms. The average molecular weight is 165 g/mol. The molecule has 24 valence electrons. The fraction of sp³-hybridized carbons (Fsp3) is 0. The summed E-state index contributed by atoms with van der Waals surface area (Å²) >= 11 is 4.08. The first kappa shape index (κ1) is 9.76. The minimum atomic E-state index is -1.61.